The Morgan fingerprint density at radius 1 is 1.44 bits per heavy atom. The molecule has 18 heavy (non-hydrogen) atoms. The van der Waals surface area contributed by atoms with Crippen LogP contribution in [0.25, 0.3) is 0 Å². The number of carbonyl (C=O) groups excluding carboxylic acids is 1. The fourth-order valence-corrected chi connectivity index (χ4v) is 2.24. The molecule has 1 heterocycles. The first-order valence-electron chi connectivity index (χ1n) is 6.00. The van der Waals surface area contributed by atoms with Gasteiger partial charge in [0.05, 0.1) is 17.9 Å². The van der Waals surface area contributed by atoms with Crippen LogP contribution in [0.3, 0.4) is 0 Å². The second kappa shape index (κ2) is 4.48. The van der Waals surface area contributed by atoms with E-state index >= 15 is 0 Å². The summed E-state index contributed by atoms with van der Waals surface area (Å²) in [6.07, 6.45) is 0.442. The van der Waals surface area contributed by atoms with Gasteiger partial charge in [-0.3, -0.25) is 9.59 Å². The molecule has 1 aromatic rings. The van der Waals surface area contributed by atoms with Gasteiger partial charge in [-0.05, 0) is 33.3 Å². The van der Waals surface area contributed by atoms with Crippen LogP contribution in [0.2, 0.25) is 0 Å². The summed E-state index contributed by atoms with van der Waals surface area (Å²) in [6, 6.07) is 1.73. The summed E-state index contributed by atoms with van der Waals surface area (Å²) >= 11 is 0. The summed E-state index contributed by atoms with van der Waals surface area (Å²) in [7, 11) is 0. The van der Waals surface area contributed by atoms with E-state index in [0.717, 1.165) is 17.1 Å². The van der Waals surface area contributed by atoms with E-state index in [1.807, 2.05) is 26.8 Å². The Morgan fingerprint density at radius 2 is 2.11 bits per heavy atom. The van der Waals surface area contributed by atoms with Crippen molar-refractivity contribution in [1.29, 1.82) is 0 Å². The molecule has 0 radical (unpaired) electrons. The van der Waals surface area contributed by atoms with Crippen LogP contribution < -0.4 is 5.32 Å². The summed E-state index contributed by atoms with van der Waals surface area (Å²) in [5.41, 5.74) is 0.938. The number of aryl methyl sites for hydroxylation is 2. The molecule has 5 nitrogen and oxygen atoms in total. The first-order valence-corrected chi connectivity index (χ1v) is 6.00. The Labute approximate surface area is 105 Å². The minimum Gasteiger partial charge on any atom is -0.481 e. The van der Waals surface area contributed by atoms with Crippen molar-refractivity contribution in [2.45, 2.75) is 33.2 Å². The number of aliphatic carboxylic acids is 1. The average Bonchev–Trinajstić information content (AvgIpc) is 2.99. The molecule has 1 aliphatic carbocycles. The van der Waals surface area contributed by atoms with Crippen molar-refractivity contribution in [3.63, 3.8) is 0 Å². The molecule has 1 saturated carbocycles. The number of hydrogen-bond acceptors (Lipinski definition) is 3. The zero-order valence-corrected chi connectivity index (χ0v) is 10.7. The van der Waals surface area contributed by atoms with E-state index in [9.17, 15) is 9.59 Å². The van der Waals surface area contributed by atoms with Crippen LogP contribution in [0.1, 0.15) is 36.5 Å². The van der Waals surface area contributed by atoms with Crippen LogP contribution in [0.4, 0.5) is 0 Å². The highest BCUT2D eigenvalue weighted by molar-refractivity contribution is 5.89. The van der Waals surface area contributed by atoms with Gasteiger partial charge in [0.15, 0.2) is 0 Å². The molecule has 0 bridgehead atoms. The normalized spacial score (nSPS) is 23.5. The maximum Gasteiger partial charge on any atom is 0.307 e. The minimum atomic E-state index is -0.891. The van der Waals surface area contributed by atoms with E-state index in [0.29, 0.717) is 6.42 Å². The summed E-state index contributed by atoms with van der Waals surface area (Å²) < 4.78 is 5.41. The lowest BCUT2D eigenvalue weighted by Crippen LogP contribution is -2.29. The number of carboxylic acids is 1. The highest BCUT2D eigenvalue weighted by Gasteiger charge is 2.48. The maximum atomic E-state index is 11.8. The van der Waals surface area contributed by atoms with Gasteiger partial charge in [0.25, 0.3) is 0 Å². The Hall–Kier alpha value is -1.78. The summed E-state index contributed by atoms with van der Waals surface area (Å²) in [5.74, 6) is -0.377. The third kappa shape index (κ3) is 2.39. The van der Waals surface area contributed by atoms with E-state index in [-0.39, 0.29) is 17.9 Å². The lowest BCUT2D eigenvalue weighted by Gasteiger charge is -2.12. The largest absolute Gasteiger partial charge is 0.481 e. The predicted molar refractivity (Wildman–Crippen MR) is 64.0 cm³/mol. The third-order valence-corrected chi connectivity index (χ3v) is 3.35. The molecule has 1 aliphatic rings. The number of furan rings is 1. The number of amides is 1. The van der Waals surface area contributed by atoms with E-state index < -0.39 is 11.9 Å². The molecule has 0 aliphatic heterocycles. The molecule has 2 N–H and O–H groups in total. The molecule has 98 valence electrons. The van der Waals surface area contributed by atoms with Gasteiger partial charge in [-0.15, -0.1) is 0 Å². The van der Waals surface area contributed by atoms with Crippen molar-refractivity contribution >= 4 is 11.9 Å². The number of nitrogens with one attached hydrogen (secondary N) is 1. The van der Waals surface area contributed by atoms with Gasteiger partial charge in [0.2, 0.25) is 5.91 Å². The van der Waals surface area contributed by atoms with Gasteiger partial charge in [0.1, 0.15) is 11.5 Å². The molecule has 0 saturated heterocycles. The van der Waals surface area contributed by atoms with Gasteiger partial charge in [-0.1, -0.05) is 0 Å². The topological polar surface area (TPSA) is 79.5 Å². The molecule has 3 atom stereocenters. The highest BCUT2D eigenvalue weighted by Crippen LogP contribution is 2.39. The number of rotatable bonds is 4. The van der Waals surface area contributed by atoms with Gasteiger partial charge in [-0.25, -0.2) is 0 Å². The van der Waals surface area contributed by atoms with E-state index in [4.69, 9.17) is 9.52 Å². The second-order valence-corrected chi connectivity index (χ2v) is 4.89. The quantitative estimate of drug-likeness (QED) is 0.855. The Morgan fingerprint density at radius 3 is 2.56 bits per heavy atom. The Kier molecular flexibility index (Phi) is 3.15. The molecule has 1 aromatic heterocycles. The minimum absolute atomic E-state index is 0.162. The molecule has 5 heteroatoms. The molecule has 0 aromatic carbocycles. The van der Waals surface area contributed by atoms with Crippen LogP contribution in [0.15, 0.2) is 10.5 Å². The number of hydrogen-bond donors (Lipinski definition) is 2. The zero-order chi connectivity index (χ0) is 13.4. The van der Waals surface area contributed by atoms with Crippen LogP contribution in [0, 0.1) is 25.7 Å². The predicted octanol–water partition coefficient (Wildman–Crippen LogP) is 1.79. The summed E-state index contributed by atoms with van der Waals surface area (Å²) in [6.45, 7) is 5.57. The molecule has 3 unspecified atom stereocenters. The first kappa shape index (κ1) is 12.7. The van der Waals surface area contributed by atoms with E-state index in [1.165, 1.54) is 0 Å². The lowest BCUT2D eigenvalue weighted by molar-refractivity contribution is -0.140. The fourth-order valence-electron chi connectivity index (χ4n) is 2.24. The fraction of sp³-hybridized carbons (Fsp3) is 0.538. The van der Waals surface area contributed by atoms with E-state index in [2.05, 4.69) is 5.32 Å². The summed E-state index contributed by atoms with van der Waals surface area (Å²) in [4.78, 5) is 22.5. The monoisotopic (exact) mass is 251 g/mol. The van der Waals surface area contributed by atoms with Gasteiger partial charge < -0.3 is 14.8 Å². The van der Waals surface area contributed by atoms with Crippen molar-refractivity contribution in [3.05, 3.63) is 23.2 Å². The summed E-state index contributed by atoms with van der Waals surface area (Å²) in [5, 5.41) is 11.6. The zero-order valence-electron chi connectivity index (χ0n) is 10.7. The first-order chi connectivity index (χ1) is 8.40. The van der Waals surface area contributed by atoms with Crippen LogP contribution in [0.5, 0.6) is 0 Å². The molecular weight excluding hydrogens is 234 g/mol. The molecule has 1 fully saturated rings. The van der Waals surface area contributed by atoms with Crippen molar-refractivity contribution in [1.82, 2.24) is 5.32 Å². The van der Waals surface area contributed by atoms with E-state index in [1.54, 1.807) is 0 Å². The Balaban J connectivity index is 1.96. The molecular formula is C13H17NO4. The van der Waals surface area contributed by atoms with Crippen molar-refractivity contribution in [3.8, 4) is 0 Å². The van der Waals surface area contributed by atoms with Gasteiger partial charge >= 0.3 is 5.97 Å². The van der Waals surface area contributed by atoms with Crippen LogP contribution in [-0.2, 0) is 9.59 Å². The molecule has 1 amide bonds. The lowest BCUT2D eigenvalue weighted by atomic mass is 10.1. The van der Waals surface area contributed by atoms with Crippen LogP contribution >= 0.6 is 0 Å². The van der Waals surface area contributed by atoms with Crippen molar-refractivity contribution in [2.75, 3.05) is 0 Å². The molecule has 0 spiro atoms. The smallest absolute Gasteiger partial charge is 0.307 e. The SMILES string of the molecule is Cc1cc(C(C)NC(=O)C2CC2C(=O)O)c(C)o1. The standard InChI is InChI=1S/C13H17NO4/c1-6-4-9(8(3)18-6)7(2)14-12(15)10-5-11(10)13(16)17/h4,7,10-11H,5H2,1-3H3,(H,14,15)(H,16,17). The number of carboxylic acid groups (broad SMARTS) is 1. The average molecular weight is 251 g/mol. The van der Waals surface area contributed by atoms with Crippen molar-refractivity contribution in [2.24, 2.45) is 11.8 Å². The van der Waals surface area contributed by atoms with Gasteiger partial charge in [0, 0.05) is 5.56 Å². The number of carbonyl (C=O) groups is 2. The second-order valence-electron chi connectivity index (χ2n) is 4.89. The van der Waals surface area contributed by atoms with Crippen molar-refractivity contribution < 1.29 is 19.1 Å². The molecule has 2 rings (SSSR count). The maximum absolute atomic E-state index is 11.8. The third-order valence-electron chi connectivity index (χ3n) is 3.35. The van der Waals surface area contributed by atoms with Crippen LogP contribution in [-0.4, -0.2) is 17.0 Å². The Bertz CT molecular complexity index is 491. The highest BCUT2D eigenvalue weighted by atomic mass is 16.4. The van der Waals surface area contributed by atoms with Gasteiger partial charge in [-0.2, -0.15) is 0 Å².